The molecule has 4 aliphatic carbocycles. The Kier molecular flexibility index (Phi) is 3.28. The van der Waals surface area contributed by atoms with Crippen molar-refractivity contribution < 1.29 is 9.59 Å². The van der Waals surface area contributed by atoms with E-state index in [0.717, 1.165) is 12.8 Å². The zero-order chi connectivity index (χ0) is 16.4. The van der Waals surface area contributed by atoms with E-state index < -0.39 is 0 Å². The van der Waals surface area contributed by atoms with Crippen molar-refractivity contribution in [2.24, 2.45) is 34.5 Å². The molecule has 4 aliphatic rings. The summed E-state index contributed by atoms with van der Waals surface area (Å²) in [5, 5.41) is 0. The molecule has 4 rings (SSSR count). The van der Waals surface area contributed by atoms with E-state index >= 15 is 0 Å². The quantitative estimate of drug-likeness (QED) is 0.714. The number of carbonyl (C=O) groups excluding carboxylic acids is 2. The van der Waals surface area contributed by atoms with Gasteiger partial charge < -0.3 is 0 Å². The first-order valence-electron chi connectivity index (χ1n) is 9.30. The minimum Gasteiger partial charge on any atom is -0.300 e. The highest BCUT2D eigenvalue weighted by atomic mass is 16.1. The summed E-state index contributed by atoms with van der Waals surface area (Å²) in [6.45, 7) is 6.54. The Morgan fingerprint density at radius 2 is 1.91 bits per heavy atom. The van der Waals surface area contributed by atoms with Crippen molar-refractivity contribution in [2.45, 2.75) is 59.3 Å². The van der Waals surface area contributed by atoms with Gasteiger partial charge in [-0.3, -0.25) is 9.59 Å². The van der Waals surface area contributed by atoms with Crippen molar-refractivity contribution in [1.29, 1.82) is 0 Å². The molecule has 0 heterocycles. The van der Waals surface area contributed by atoms with Gasteiger partial charge in [-0.25, -0.2) is 0 Å². The highest BCUT2D eigenvalue weighted by Crippen LogP contribution is 2.65. The molecule has 124 valence electrons. The van der Waals surface area contributed by atoms with Crippen molar-refractivity contribution in [3.8, 4) is 0 Å². The SMILES string of the molecule is CC(=O)C1CC[C@H]2[C@@H]3C=CC4=CC(=O)CC[C@@]4(C)C3CC[C@]12C. The molecule has 0 aromatic heterocycles. The smallest absolute Gasteiger partial charge is 0.156 e. The number of rotatable bonds is 1. The Bertz CT molecular complexity index is 628. The van der Waals surface area contributed by atoms with Crippen molar-refractivity contribution in [1.82, 2.24) is 0 Å². The lowest BCUT2D eigenvalue weighted by Crippen LogP contribution is -2.49. The first kappa shape index (κ1) is 15.4. The van der Waals surface area contributed by atoms with Crippen LogP contribution in [0.3, 0.4) is 0 Å². The van der Waals surface area contributed by atoms with E-state index in [1.54, 1.807) is 6.92 Å². The van der Waals surface area contributed by atoms with E-state index in [1.165, 1.54) is 24.8 Å². The predicted octanol–water partition coefficient (Wildman–Crippen LogP) is 4.50. The average Bonchev–Trinajstić information content (AvgIpc) is 2.85. The van der Waals surface area contributed by atoms with Crippen molar-refractivity contribution in [3.63, 3.8) is 0 Å². The van der Waals surface area contributed by atoms with Crippen LogP contribution in [0.2, 0.25) is 0 Å². The lowest BCUT2D eigenvalue weighted by Gasteiger charge is -2.55. The third-order valence-electron chi connectivity index (χ3n) is 8.01. The molecule has 0 spiro atoms. The Morgan fingerprint density at radius 1 is 1.13 bits per heavy atom. The van der Waals surface area contributed by atoms with E-state index in [2.05, 4.69) is 26.0 Å². The van der Waals surface area contributed by atoms with Gasteiger partial charge in [0, 0.05) is 12.3 Å². The second-order valence-corrected chi connectivity index (χ2v) is 8.92. The van der Waals surface area contributed by atoms with Crippen LogP contribution in [0.1, 0.15) is 59.3 Å². The van der Waals surface area contributed by atoms with Gasteiger partial charge in [0.2, 0.25) is 0 Å². The Hall–Kier alpha value is -1.18. The maximum atomic E-state index is 12.1. The topological polar surface area (TPSA) is 34.1 Å². The van der Waals surface area contributed by atoms with E-state index in [9.17, 15) is 9.59 Å². The molecule has 2 fully saturated rings. The van der Waals surface area contributed by atoms with Gasteiger partial charge in [0.1, 0.15) is 5.78 Å². The van der Waals surface area contributed by atoms with Crippen LogP contribution >= 0.6 is 0 Å². The molecular weight excluding hydrogens is 284 g/mol. The summed E-state index contributed by atoms with van der Waals surface area (Å²) in [4.78, 5) is 24.0. The third-order valence-corrected chi connectivity index (χ3v) is 8.01. The molecule has 0 saturated heterocycles. The predicted molar refractivity (Wildman–Crippen MR) is 90.8 cm³/mol. The number of hydrogen-bond donors (Lipinski definition) is 0. The standard InChI is InChI=1S/C21H28O2/c1-13(22)17-6-7-18-16-5-4-14-12-15(23)8-10-20(14,2)19(16)9-11-21(17,18)3/h4-5,12,16-19H,6-11H2,1-3H3/t16-,17?,18-,19?,20+,21+/m0/s1. The van der Waals surface area contributed by atoms with Crippen LogP contribution in [0, 0.1) is 34.5 Å². The van der Waals surface area contributed by atoms with Crippen LogP contribution in [-0.2, 0) is 9.59 Å². The highest BCUT2D eigenvalue weighted by molar-refractivity contribution is 5.92. The first-order chi connectivity index (χ1) is 10.9. The van der Waals surface area contributed by atoms with Gasteiger partial charge in [0.05, 0.1) is 0 Å². The van der Waals surface area contributed by atoms with E-state index in [-0.39, 0.29) is 16.7 Å². The molecule has 0 amide bonds. The Balaban J connectivity index is 1.72. The van der Waals surface area contributed by atoms with Crippen molar-refractivity contribution in [2.75, 3.05) is 0 Å². The molecule has 0 N–H and O–H groups in total. The summed E-state index contributed by atoms with van der Waals surface area (Å²) >= 11 is 0. The number of ketones is 2. The molecule has 0 bridgehead atoms. The number of carbonyl (C=O) groups is 2. The minimum absolute atomic E-state index is 0.170. The van der Waals surface area contributed by atoms with E-state index in [0.29, 0.717) is 35.7 Å². The van der Waals surface area contributed by atoms with Gasteiger partial charge in [-0.1, -0.05) is 26.0 Å². The summed E-state index contributed by atoms with van der Waals surface area (Å²) in [6.07, 6.45) is 12.9. The number of fused-ring (bicyclic) bond motifs is 5. The Labute approximate surface area is 139 Å². The van der Waals surface area contributed by atoms with Gasteiger partial charge in [-0.15, -0.1) is 0 Å². The lowest BCUT2D eigenvalue weighted by atomic mass is 9.48. The van der Waals surface area contributed by atoms with E-state index in [4.69, 9.17) is 0 Å². The van der Waals surface area contributed by atoms with Gasteiger partial charge >= 0.3 is 0 Å². The summed E-state index contributed by atoms with van der Waals surface area (Å²) in [5.41, 5.74) is 1.63. The summed E-state index contributed by atoms with van der Waals surface area (Å²) in [5.74, 6) is 2.83. The fourth-order valence-electron chi connectivity index (χ4n) is 6.66. The van der Waals surface area contributed by atoms with Gasteiger partial charge in [0.25, 0.3) is 0 Å². The maximum Gasteiger partial charge on any atom is 0.156 e. The van der Waals surface area contributed by atoms with Gasteiger partial charge in [-0.05, 0) is 79.3 Å². The van der Waals surface area contributed by atoms with E-state index in [1.807, 2.05) is 6.08 Å². The maximum absolute atomic E-state index is 12.1. The second-order valence-electron chi connectivity index (χ2n) is 8.92. The molecule has 6 atom stereocenters. The fraction of sp³-hybridized carbons (Fsp3) is 0.714. The normalized spacial score (nSPS) is 48.3. The molecule has 0 aromatic rings. The van der Waals surface area contributed by atoms with Crippen LogP contribution in [-0.4, -0.2) is 11.6 Å². The van der Waals surface area contributed by atoms with Crippen molar-refractivity contribution in [3.05, 3.63) is 23.8 Å². The highest BCUT2D eigenvalue weighted by Gasteiger charge is 2.58. The molecule has 0 aliphatic heterocycles. The molecule has 23 heavy (non-hydrogen) atoms. The molecule has 2 unspecified atom stereocenters. The summed E-state index contributed by atoms with van der Waals surface area (Å²) in [6, 6.07) is 0. The van der Waals surface area contributed by atoms with Gasteiger partial charge in [-0.2, -0.15) is 0 Å². The largest absolute Gasteiger partial charge is 0.300 e. The first-order valence-corrected chi connectivity index (χ1v) is 9.30. The average molecular weight is 312 g/mol. The van der Waals surface area contributed by atoms with Crippen LogP contribution in [0.5, 0.6) is 0 Å². The number of hydrogen-bond acceptors (Lipinski definition) is 2. The number of allylic oxidation sites excluding steroid dienone is 4. The van der Waals surface area contributed by atoms with Crippen LogP contribution in [0.4, 0.5) is 0 Å². The molecule has 2 saturated carbocycles. The zero-order valence-electron chi connectivity index (χ0n) is 14.6. The third kappa shape index (κ3) is 1.99. The molecule has 0 radical (unpaired) electrons. The molecule has 2 nitrogen and oxygen atoms in total. The van der Waals surface area contributed by atoms with Gasteiger partial charge in [0.15, 0.2) is 5.78 Å². The van der Waals surface area contributed by atoms with Crippen molar-refractivity contribution >= 4 is 11.6 Å². The van der Waals surface area contributed by atoms with Crippen LogP contribution in [0.15, 0.2) is 23.8 Å². The molecule has 0 aromatic carbocycles. The van der Waals surface area contributed by atoms with Crippen LogP contribution in [0.25, 0.3) is 0 Å². The lowest BCUT2D eigenvalue weighted by molar-refractivity contribution is -0.127. The van der Waals surface area contributed by atoms with Crippen LogP contribution < -0.4 is 0 Å². The molecular formula is C21H28O2. The summed E-state index contributed by atoms with van der Waals surface area (Å²) in [7, 11) is 0. The zero-order valence-corrected chi connectivity index (χ0v) is 14.6. The number of Topliss-reactive ketones (excluding diaryl/α,β-unsaturated/α-hetero) is 1. The minimum atomic E-state index is 0.170. The Morgan fingerprint density at radius 3 is 2.65 bits per heavy atom. The fourth-order valence-corrected chi connectivity index (χ4v) is 6.66. The second kappa shape index (κ2) is 4.91. The molecule has 2 heteroatoms. The summed E-state index contributed by atoms with van der Waals surface area (Å²) < 4.78 is 0. The monoisotopic (exact) mass is 312 g/mol.